The first-order chi connectivity index (χ1) is 7.18. The Morgan fingerprint density at radius 2 is 2.07 bits per heavy atom. The van der Waals surface area contributed by atoms with Crippen molar-refractivity contribution < 1.29 is 4.79 Å². The molecular weight excluding hydrogens is 303 g/mol. The van der Waals surface area contributed by atoms with Gasteiger partial charge in [-0.25, -0.2) is 0 Å². The van der Waals surface area contributed by atoms with Gasteiger partial charge in [-0.1, -0.05) is 0 Å². The lowest BCUT2D eigenvalue weighted by Crippen LogP contribution is -2.40. The largest absolute Gasteiger partial charge is 0.368 e. The molecule has 15 heavy (non-hydrogen) atoms. The number of rotatable bonds is 2. The van der Waals surface area contributed by atoms with Crippen LogP contribution in [0.2, 0.25) is 0 Å². The van der Waals surface area contributed by atoms with Crippen LogP contribution in [0.15, 0.2) is 24.3 Å². The first-order valence-corrected chi connectivity index (χ1v) is 6.08. The summed E-state index contributed by atoms with van der Waals surface area (Å²) in [6.45, 7) is 0.925. The maximum atomic E-state index is 11.2. The number of primary amides is 1. The highest BCUT2D eigenvalue weighted by Gasteiger charge is 2.28. The van der Waals surface area contributed by atoms with Gasteiger partial charge >= 0.3 is 0 Å². The van der Waals surface area contributed by atoms with E-state index in [-0.39, 0.29) is 11.9 Å². The van der Waals surface area contributed by atoms with Crippen LogP contribution in [0.5, 0.6) is 0 Å². The number of nitrogens with two attached hydrogens (primary N) is 1. The lowest BCUT2D eigenvalue weighted by atomic mass is 10.2. The van der Waals surface area contributed by atoms with Gasteiger partial charge in [-0.2, -0.15) is 0 Å². The molecule has 1 aliphatic heterocycles. The zero-order valence-corrected chi connectivity index (χ0v) is 10.5. The Kier molecular flexibility index (Phi) is 3.14. The van der Waals surface area contributed by atoms with E-state index in [1.54, 1.807) is 0 Å². The number of carbonyl (C=O) groups excluding carboxylic acids is 1. The van der Waals surface area contributed by atoms with E-state index < -0.39 is 0 Å². The van der Waals surface area contributed by atoms with Gasteiger partial charge in [0, 0.05) is 15.8 Å². The SMILES string of the molecule is NC(=O)[C@H]1CCCN1c1ccc(I)cc1. The number of anilines is 1. The Morgan fingerprint density at radius 3 is 2.67 bits per heavy atom. The van der Waals surface area contributed by atoms with Crippen LogP contribution in [0.1, 0.15) is 12.8 Å². The van der Waals surface area contributed by atoms with E-state index in [1.807, 2.05) is 24.3 Å². The van der Waals surface area contributed by atoms with Crippen molar-refractivity contribution in [3.05, 3.63) is 27.8 Å². The van der Waals surface area contributed by atoms with E-state index in [1.165, 1.54) is 3.57 Å². The molecule has 4 heteroatoms. The van der Waals surface area contributed by atoms with Crippen LogP contribution in [0, 0.1) is 3.57 Å². The number of amides is 1. The molecule has 1 atom stereocenters. The quantitative estimate of drug-likeness (QED) is 0.845. The molecular formula is C11H13IN2O. The Hall–Kier alpha value is -0.780. The van der Waals surface area contributed by atoms with Gasteiger partial charge in [-0.05, 0) is 59.7 Å². The van der Waals surface area contributed by atoms with E-state index >= 15 is 0 Å². The molecule has 1 aromatic carbocycles. The third kappa shape index (κ3) is 2.25. The average molecular weight is 316 g/mol. The summed E-state index contributed by atoms with van der Waals surface area (Å²) in [6.07, 6.45) is 1.92. The predicted molar refractivity (Wildman–Crippen MR) is 68.7 cm³/mol. The monoisotopic (exact) mass is 316 g/mol. The Balaban J connectivity index is 2.22. The molecule has 80 valence electrons. The molecule has 2 rings (SSSR count). The van der Waals surface area contributed by atoms with Crippen LogP contribution < -0.4 is 10.6 Å². The number of carbonyl (C=O) groups is 1. The van der Waals surface area contributed by atoms with Crippen molar-refractivity contribution in [2.24, 2.45) is 5.73 Å². The molecule has 0 radical (unpaired) electrons. The third-order valence-electron chi connectivity index (χ3n) is 2.74. The molecule has 2 N–H and O–H groups in total. The fourth-order valence-corrected chi connectivity index (χ4v) is 2.36. The highest BCUT2D eigenvalue weighted by molar-refractivity contribution is 14.1. The molecule has 0 bridgehead atoms. The maximum Gasteiger partial charge on any atom is 0.240 e. The topological polar surface area (TPSA) is 46.3 Å². The molecule has 1 saturated heterocycles. The fraction of sp³-hybridized carbons (Fsp3) is 0.364. The second-order valence-electron chi connectivity index (χ2n) is 3.73. The van der Waals surface area contributed by atoms with Gasteiger partial charge in [0.25, 0.3) is 0 Å². The number of benzene rings is 1. The summed E-state index contributed by atoms with van der Waals surface area (Å²) < 4.78 is 1.20. The zero-order valence-electron chi connectivity index (χ0n) is 8.32. The molecule has 1 aliphatic rings. The number of hydrogen-bond donors (Lipinski definition) is 1. The third-order valence-corrected chi connectivity index (χ3v) is 3.46. The molecule has 0 aromatic heterocycles. The van der Waals surface area contributed by atoms with Crippen molar-refractivity contribution in [1.82, 2.24) is 0 Å². The molecule has 1 amide bonds. The van der Waals surface area contributed by atoms with E-state index in [0.717, 1.165) is 25.1 Å². The lowest BCUT2D eigenvalue weighted by Gasteiger charge is -2.24. The van der Waals surface area contributed by atoms with Crippen LogP contribution in [0.25, 0.3) is 0 Å². The van der Waals surface area contributed by atoms with Gasteiger partial charge in [0.05, 0.1) is 0 Å². The van der Waals surface area contributed by atoms with Gasteiger partial charge in [0.1, 0.15) is 6.04 Å². The van der Waals surface area contributed by atoms with Crippen molar-refractivity contribution in [1.29, 1.82) is 0 Å². The van der Waals surface area contributed by atoms with E-state index in [4.69, 9.17) is 5.73 Å². The molecule has 1 fully saturated rings. The normalized spacial score (nSPS) is 20.6. The van der Waals surface area contributed by atoms with Crippen molar-refractivity contribution in [3.8, 4) is 0 Å². The zero-order chi connectivity index (χ0) is 10.8. The van der Waals surface area contributed by atoms with Crippen LogP contribution in [0.3, 0.4) is 0 Å². The van der Waals surface area contributed by atoms with E-state index in [2.05, 4.69) is 27.5 Å². The maximum absolute atomic E-state index is 11.2. The summed E-state index contributed by atoms with van der Waals surface area (Å²) in [5, 5.41) is 0. The molecule has 1 aromatic rings. The molecule has 1 heterocycles. The molecule has 0 unspecified atom stereocenters. The molecule has 0 saturated carbocycles. The van der Waals surface area contributed by atoms with Crippen molar-refractivity contribution in [3.63, 3.8) is 0 Å². The predicted octanol–water partition coefficient (Wildman–Crippen LogP) is 1.75. The molecule has 0 spiro atoms. The average Bonchev–Trinajstić information content (AvgIpc) is 2.67. The molecule has 3 nitrogen and oxygen atoms in total. The number of nitrogens with zero attached hydrogens (tertiary/aromatic N) is 1. The first kappa shape index (κ1) is 10.7. The fourth-order valence-electron chi connectivity index (χ4n) is 2.00. The second-order valence-corrected chi connectivity index (χ2v) is 4.98. The summed E-state index contributed by atoms with van der Waals surface area (Å²) in [5.74, 6) is -0.217. The number of hydrogen-bond acceptors (Lipinski definition) is 2. The summed E-state index contributed by atoms with van der Waals surface area (Å²) in [7, 11) is 0. The van der Waals surface area contributed by atoms with Crippen LogP contribution >= 0.6 is 22.6 Å². The van der Waals surface area contributed by atoms with Crippen LogP contribution in [-0.4, -0.2) is 18.5 Å². The minimum absolute atomic E-state index is 0.120. The van der Waals surface area contributed by atoms with Gasteiger partial charge in [0.2, 0.25) is 5.91 Å². The summed E-state index contributed by atoms with van der Waals surface area (Å²) in [5.41, 5.74) is 6.47. The summed E-state index contributed by atoms with van der Waals surface area (Å²) in [4.78, 5) is 13.3. The van der Waals surface area contributed by atoms with Crippen LogP contribution in [-0.2, 0) is 4.79 Å². The van der Waals surface area contributed by atoms with Crippen molar-refractivity contribution >= 4 is 34.2 Å². The Morgan fingerprint density at radius 1 is 1.40 bits per heavy atom. The highest BCUT2D eigenvalue weighted by Crippen LogP contribution is 2.25. The van der Waals surface area contributed by atoms with Crippen molar-refractivity contribution in [2.45, 2.75) is 18.9 Å². The van der Waals surface area contributed by atoms with E-state index in [9.17, 15) is 4.79 Å². The second kappa shape index (κ2) is 4.38. The summed E-state index contributed by atoms with van der Waals surface area (Å²) >= 11 is 2.27. The van der Waals surface area contributed by atoms with Crippen LogP contribution in [0.4, 0.5) is 5.69 Å². The first-order valence-electron chi connectivity index (χ1n) is 5.00. The molecule has 0 aliphatic carbocycles. The van der Waals surface area contributed by atoms with Gasteiger partial charge in [0.15, 0.2) is 0 Å². The summed E-state index contributed by atoms with van der Waals surface area (Å²) in [6, 6.07) is 8.06. The number of halogens is 1. The standard InChI is InChI=1S/C11H13IN2O/c12-8-3-5-9(6-4-8)14-7-1-2-10(14)11(13)15/h3-6,10H,1-2,7H2,(H2,13,15)/t10-/m1/s1. The van der Waals surface area contributed by atoms with Crippen molar-refractivity contribution in [2.75, 3.05) is 11.4 Å². The Bertz CT molecular complexity index is 363. The lowest BCUT2D eigenvalue weighted by molar-refractivity contribution is -0.119. The minimum Gasteiger partial charge on any atom is -0.368 e. The minimum atomic E-state index is -0.217. The van der Waals surface area contributed by atoms with Gasteiger partial charge < -0.3 is 10.6 Å². The van der Waals surface area contributed by atoms with Gasteiger partial charge in [-0.15, -0.1) is 0 Å². The highest BCUT2D eigenvalue weighted by atomic mass is 127. The Labute approximate surface area is 103 Å². The smallest absolute Gasteiger partial charge is 0.240 e. The van der Waals surface area contributed by atoms with Gasteiger partial charge in [-0.3, -0.25) is 4.79 Å². The van der Waals surface area contributed by atoms with E-state index in [0.29, 0.717) is 0 Å².